The average molecular weight is 383 g/mol. The van der Waals surface area contributed by atoms with E-state index in [1.807, 2.05) is 0 Å². The molecule has 0 amide bonds. The van der Waals surface area contributed by atoms with Gasteiger partial charge in [-0.05, 0) is 6.92 Å². The highest BCUT2D eigenvalue weighted by molar-refractivity contribution is 5.82. The molecule has 0 bridgehead atoms. The molecule has 4 nitrogen and oxygen atoms in total. The fourth-order valence-electron chi connectivity index (χ4n) is 2.79. The first-order chi connectivity index (χ1) is 12.7. The van der Waals surface area contributed by atoms with E-state index in [2.05, 4.69) is 10.4 Å². The number of hydrogen-bond acceptors (Lipinski definition) is 3. The zero-order valence-electron chi connectivity index (χ0n) is 14.5. The summed E-state index contributed by atoms with van der Waals surface area (Å²) >= 11 is 0. The second-order valence-electron chi connectivity index (χ2n) is 5.77. The Hall–Kier alpha value is -3.10. The molecule has 3 rings (SSSR count). The van der Waals surface area contributed by atoms with Crippen LogP contribution in [0.1, 0.15) is 5.69 Å². The van der Waals surface area contributed by atoms with Crippen LogP contribution in [-0.4, -0.2) is 16.9 Å². The third-order valence-corrected chi connectivity index (χ3v) is 3.97. The van der Waals surface area contributed by atoms with Gasteiger partial charge in [0.25, 0.3) is 0 Å². The molecule has 0 radical (unpaired) electrons. The molecule has 9 heteroatoms. The van der Waals surface area contributed by atoms with Gasteiger partial charge in [-0.3, -0.25) is 4.68 Å². The monoisotopic (exact) mass is 383 g/mol. The van der Waals surface area contributed by atoms with E-state index in [0.29, 0.717) is 12.1 Å². The van der Waals surface area contributed by atoms with Crippen molar-refractivity contribution in [2.24, 2.45) is 7.05 Å². The number of nitrogens with one attached hydrogen (secondary N) is 1. The van der Waals surface area contributed by atoms with Gasteiger partial charge >= 0.3 is 0 Å². The fraction of sp³-hybridized carbons (Fsp3) is 0.167. The summed E-state index contributed by atoms with van der Waals surface area (Å²) in [5.41, 5.74) is -0.925. The van der Waals surface area contributed by atoms with Crippen molar-refractivity contribution < 1.29 is 26.7 Å². The van der Waals surface area contributed by atoms with Gasteiger partial charge in [0.1, 0.15) is 34.7 Å². The third kappa shape index (κ3) is 3.32. The zero-order chi connectivity index (χ0) is 19.9. The Morgan fingerprint density at radius 2 is 1.44 bits per heavy atom. The number of benzene rings is 2. The van der Waals surface area contributed by atoms with Crippen molar-refractivity contribution in [3.05, 3.63) is 59.0 Å². The average Bonchev–Trinajstić information content (AvgIpc) is 2.84. The summed E-state index contributed by atoms with van der Waals surface area (Å²) in [7, 11) is 2.69. The maximum absolute atomic E-state index is 14.5. The predicted molar refractivity (Wildman–Crippen MR) is 89.4 cm³/mol. The van der Waals surface area contributed by atoms with Crippen molar-refractivity contribution in [3.63, 3.8) is 0 Å². The Morgan fingerprint density at radius 1 is 0.889 bits per heavy atom. The van der Waals surface area contributed by atoms with E-state index in [4.69, 9.17) is 4.74 Å². The minimum absolute atomic E-state index is 0.0274. The highest BCUT2D eigenvalue weighted by Crippen LogP contribution is 2.38. The van der Waals surface area contributed by atoms with Gasteiger partial charge in [-0.1, -0.05) is 0 Å². The van der Waals surface area contributed by atoms with Crippen LogP contribution < -0.4 is 10.1 Å². The number of halogens is 5. The minimum Gasteiger partial charge on any atom is -0.497 e. The SMILES string of the molecule is COc1cc(F)c(-c2c(C)nn(C)c2Nc2c(F)cc(F)cc2F)c(F)c1. The highest BCUT2D eigenvalue weighted by Gasteiger charge is 2.24. The summed E-state index contributed by atoms with van der Waals surface area (Å²) in [6.45, 7) is 1.49. The molecule has 27 heavy (non-hydrogen) atoms. The molecule has 3 aromatic rings. The summed E-state index contributed by atoms with van der Waals surface area (Å²) in [5.74, 6) is -5.47. The predicted octanol–water partition coefficient (Wildman–Crippen LogP) is 4.84. The molecule has 0 fully saturated rings. The van der Waals surface area contributed by atoms with E-state index in [1.54, 1.807) is 0 Å². The van der Waals surface area contributed by atoms with Gasteiger partial charge in [0.2, 0.25) is 0 Å². The van der Waals surface area contributed by atoms with Crippen LogP contribution in [0.4, 0.5) is 33.5 Å². The summed E-state index contributed by atoms with van der Waals surface area (Å²) in [6, 6.07) is 2.94. The zero-order valence-corrected chi connectivity index (χ0v) is 14.5. The molecule has 1 aromatic heterocycles. The van der Waals surface area contributed by atoms with E-state index in [-0.39, 0.29) is 22.8 Å². The van der Waals surface area contributed by atoms with Crippen LogP contribution in [0, 0.1) is 36.0 Å². The van der Waals surface area contributed by atoms with Gasteiger partial charge in [-0.25, -0.2) is 22.0 Å². The van der Waals surface area contributed by atoms with Crippen LogP contribution in [0.5, 0.6) is 5.75 Å². The molecule has 0 aliphatic carbocycles. The van der Waals surface area contributed by atoms with Crippen LogP contribution in [0.2, 0.25) is 0 Å². The molecule has 1 N–H and O–H groups in total. The molecule has 0 spiro atoms. The Kier molecular flexibility index (Phi) is 4.77. The molecular formula is C18H14F5N3O. The van der Waals surface area contributed by atoms with Crippen LogP contribution in [-0.2, 0) is 7.05 Å². The van der Waals surface area contributed by atoms with Crippen molar-refractivity contribution >= 4 is 11.5 Å². The maximum atomic E-state index is 14.5. The summed E-state index contributed by atoms with van der Waals surface area (Å²) < 4.78 is 76.1. The molecular weight excluding hydrogens is 369 g/mol. The molecule has 0 saturated carbocycles. The lowest BCUT2D eigenvalue weighted by Gasteiger charge is -2.13. The Balaban J connectivity index is 2.19. The Bertz CT molecular complexity index is 986. The largest absolute Gasteiger partial charge is 0.497 e. The number of hydrogen-bond donors (Lipinski definition) is 1. The number of methoxy groups -OCH3 is 1. The minimum atomic E-state index is -1.20. The number of ether oxygens (including phenoxy) is 1. The Labute approximate surface area is 151 Å². The van der Waals surface area contributed by atoms with E-state index >= 15 is 0 Å². The Morgan fingerprint density at radius 3 is 1.96 bits per heavy atom. The van der Waals surface area contributed by atoms with Crippen molar-refractivity contribution in [3.8, 4) is 16.9 Å². The quantitative estimate of drug-likeness (QED) is 0.655. The van der Waals surface area contributed by atoms with E-state index < -0.39 is 40.3 Å². The number of aromatic nitrogens is 2. The first kappa shape index (κ1) is 18.7. The number of rotatable bonds is 4. The van der Waals surface area contributed by atoms with Gasteiger partial charge in [0.15, 0.2) is 11.6 Å². The van der Waals surface area contributed by atoms with Crippen LogP contribution in [0.25, 0.3) is 11.1 Å². The second kappa shape index (κ2) is 6.90. The lowest BCUT2D eigenvalue weighted by Crippen LogP contribution is -2.05. The van der Waals surface area contributed by atoms with Gasteiger partial charge in [0, 0.05) is 31.3 Å². The third-order valence-electron chi connectivity index (χ3n) is 3.97. The van der Waals surface area contributed by atoms with Crippen LogP contribution in [0.3, 0.4) is 0 Å². The van der Waals surface area contributed by atoms with Gasteiger partial charge in [0.05, 0.1) is 23.9 Å². The van der Waals surface area contributed by atoms with Gasteiger partial charge < -0.3 is 10.1 Å². The van der Waals surface area contributed by atoms with Crippen molar-refractivity contribution in [2.75, 3.05) is 12.4 Å². The highest BCUT2D eigenvalue weighted by atomic mass is 19.2. The summed E-state index contributed by atoms with van der Waals surface area (Å²) in [4.78, 5) is 0. The molecule has 2 aromatic carbocycles. The topological polar surface area (TPSA) is 39.1 Å². The molecule has 0 unspecified atom stereocenters. The normalized spacial score (nSPS) is 11.0. The summed E-state index contributed by atoms with van der Waals surface area (Å²) in [6.07, 6.45) is 0. The first-order valence-electron chi connectivity index (χ1n) is 7.71. The molecule has 142 valence electrons. The molecule has 1 heterocycles. The van der Waals surface area contributed by atoms with Crippen molar-refractivity contribution in [2.45, 2.75) is 6.92 Å². The maximum Gasteiger partial charge on any atom is 0.152 e. The number of nitrogens with zero attached hydrogens (tertiary/aromatic N) is 2. The van der Waals surface area contributed by atoms with Crippen molar-refractivity contribution in [1.29, 1.82) is 0 Å². The molecule has 0 saturated heterocycles. The van der Waals surface area contributed by atoms with E-state index in [9.17, 15) is 22.0 Å². The lowest BCUT2D eigenvalue weighted by atomic mass is 10.0. The summed E-state index contributed by atoms with van der Waals surface area (Å²) in [5, 5.41) is 6.48. The molecule has 0 aliphatic rings. The van der Waals surface area contributed by atoms with E-state index in [1.165, 1.54) is 25.8 Å². The van der Waals surface area contributed by atoms with Gasteiger partial charge in [-0.2, -0.15) is 5.10 Å². The first-order valence-corrected chi connectivity index (χ1v) is 7.71. The van der Waals surface area contributed by atoms with Crippen LogP contribution in [0.15, 0.2) is 24.3 Å². The van der Waals surface area contributed by atoms with Crippen molar-refractivity contribution in [1.82, 2.24) is 9.78 Å². The number of anilines is 2. The number of aryl methyl sites for hydroxylation is 2. The van der Waals surface area contributed by atoms with E-state index in [0.717, 1.165) is 12.1 Å². The second-order valence-corrected chi connectivity index (χ2v) is 5.77. The van der Waals surface area contributed by atoms with Crippen LogP contribution >= 0.6 is 0 Å². The molecule has 0 aliphatic heterocycles. The smallest absolute Gasteiger partial charge is 0.152 e. The molecule has 0 atom stereocenters. The lowest BCUT2D eigenvalue weighted by molar-refractivity contribution is 0.407. The standard InChI is InChI=1S/C18H14F5N3O/c1-8-15(16-11(20)6-10(27-3)7-12(16)21)18(26(2)25-8)24-17-13(22)4-9(19)5-14(17)23/h4-7,24H,1-3H3. The van der Waals surface area contributed by atoms with Gasteiger partial charge in [-0.15, -0.1) is 0 Å². The fourth-order valence-corrected chi connectivity index (χ4v) is 2.79.